The molecule has 0 bridgehead atoms. The number of carbonyl (C=O) groups is 3. The first kappa shape index (κ1) is 23.0. The van der Waals surface area contributed by atoms with Crippen LogP contribution in [0.15, 0.2) is 24.3 Å². The molecule has 29 heavy (non-hydrogen) atoms. The van der Waals surface area contributed by atoms with E-state index in [1.807, 2.05) is 39.8 Å². The van der Waals surface area contributed by atoms with Crippen molar-refractivity contribution in [1.29, 1.82) is 0 Å². The molecule has 1 aliphatic heterocycles. The SMILES string of the molecule is C[C@H](NC(=O)COC(=O)C1CCN(C(=O)OC(C)(C)C)CC1)c1ccc(Cl)cc1. The van der Waals surface area contributed by atoms with Crippen LogP contribution in [0.4, 0.5) is 4.79 Å². The largest absolute Gasteiger partial charge is 0.455 e. The Morgan fingerprint density at radius 1 is 1.17 bits per heavy atom. The number of carbonyl (C=O) groups excluding carboxylic acids is 3. The quantitative estimate of drug-likeness (QED) is 0.728. The standard InChI is InChI=1S/C21H29ClN2O5/c1-14(15-5-7-17(22)8-6-15)23-18(25)13-28-19(26)16-9-11-24(12-10-16)20(27)29-21(2,3)4/h5-8,14,16H,9-13H2,1-4H3,(H,23,25)/t14-/m0/s1. The van der Waals surface area contributed by atoms with Gasteiger partial charge in [-0.1, -0.05) is 23.7 Å². The second-order valence-corrected chi connectivity index (χ2v) is 8.63. The predicted octanol–water partition coefficient (Wildman–Crippen LogP) is 3.71. The lowest BCUT2D eigenvalue weighted by Gasteiger charge is -2.32. The van der Waals surface area contributed by atoms with Crippen molar-refractivity contribution in [2.45, 2.75) is 52.2 Å². The first-order valence-corrected chi connectivity index (χ1v) is 10.1. The van der Waals surface area contributed by atoms with Crippen molar-refractivity contribution < 1.29 is 23.9 Å². The fourth-order valence-corrected chi connectivity index (χ4v) is 3.12. The molecule has 1 atom stereocenters. The van der Waals surface area contributed by atoms with Crippen LogP contribution in [0, 0.1) is 5.92 Å². The number of hydrogen-bond acceptors (Lipinski definition) is 5. The van der Waals surface area contributed by atoms with Crippen molar-refractivity contribution in [3.63, 3.8) is 0 Å². The summed E-state index contributed by atoms with van der Waals surface area (Å²) in [4.78, 5) is 38.0. The number of rotatable bonds is 5. The van der Waals surface area contributed by atoms with Gasteiger partial charge < -0.3 is 19.7 Å². The number of halogens is 1. The van der Waals surface area contributed by atoms with Crippen molar-refractivity contribution in [3.8, 4) is 0 Å². The molecule has 0 aliphatic carbocycles. The fourth-order valence-electron chi connectivity index (χ4n) is 3.00. The van der Waals surface area contributed by atoms with E-state index in [4.69, 9.17) is 21.1 Å². The number of nitrogens with one attached hydrogen (secondary N) is 1. The number of amides is 2. The molecule has 0 aromatic heterocycles. The number of likely N-dealkylation sites (tertiary alicyclic amines) is 1. The molecular formula is C21H29ClN2O5. The number of esters is 1. The van der Waals surface area contributed by atoms with Crippen molar-refractivity contribution in [2.75, 3.05) is 19.7 Å². The van der Waals surface area contributed by atoms with Crippen LogP contribution in [0.3, 0.4) is 0 Å². The van der Waals surface area contributed by atoms with Gasteiger partial charge in [-0.25, -0.2) is 4.79 Å². The molecule has 1 aliphatic rings. The fraction of sp³-hybridized carbons (Fsp3) is 0.571. The van der Waals surface area contributed by atoms with E-state index < -0.39 is 11.6 Å². The van der Waals surface area contributed by atoms with E-state index in [0.29, 0.717) is 31.0 Å². The van der Waals surface area contributed by atoms with Gasteiger partial charge in [0.15, 0.2) is 6.61 Å². The lowest BCUT2D eigenvalue weighted by Crippen LogP contribution is -2.43. The average Bonchev–Trinajstić information content (AvgIpc) is 2.65. The maximum absolute atomic E-state index is 12.2. The van der Waals surface area contributed by atoms with Gasteiger partial charge in [-0.05, 0) is 58.2 Å². The Kier molecular flexibility index (Phi) is 7.90. The van der Waals surface area contributed by atoms with Gasteiger partial charge in [0.2, 0.25) is 0 Å². The average molecular weight is 425 g/mol. The third-order valence-electron chi connectivity index (χ3n) is 4.57. The summed E-state index contributed by atoms with van der Waals surface area (Å²) >= 11 is 5.86. The summed E-state index contributed by atoms with van der Waals surface area (Å²) < 4.78 is 10.5. The molecule has 8 heteroatoms. The molecule has 0 saturated carbocycles. The molecule has 1 N–H and O–H groups in total. The summed E-state index contributed by atoms with van der Waals surface area (Å²) in [5, 5.41) is 3.41. The molecule has 1 aromatic carbocycles. The zero-order valence-corrected chi connectivity index (χ0v) is 18.1. The van der Waals surface area contributed by atoms with Gasteiger partial charge in [0.05, 0.1) is 12.0 Å². The van der Waals surface area contributed by atoms with Crippen molar-refractivity contribution in [3.05, 3.63) is 34.9 Å². The Hall–Kier alpha value is -2.28. The van der Waals surface area contributed by atoms with Gasteiger partial charge in [0.25, 0.3) is 5.91 Å². The number of ether oxygens (including phenoxy) is 2. The molecule has 160 valence electrons. The molecule has 1 heterocycles. The normalized spacial score (nSPS) is 16.1. The maximum atomic E-state index is 12.2. The Balaban J connectivity index is 1.72. The molecule has 0 unspecified atom stereocenters. The van der Waals surface area contributed by atoms with E-state index in [9.17, 15) is 14.4 Å². The van der Waals surface area contributed by atoms with Gasteiger partial charge in [0, 0.05) is 18.1 Å². The Labute approximate surface area is 176 Å². The van der Waals surface area contributed by atoms with Crippen LogP contribution in [0.5, 0.6) is 0 Å². The highest BCUT2D eigenvalue weighted by atomic mass is 35.5. The van der Waals surface area contributed by atoms with Crippen LogP contribution in [-0.2, 0) is 19.1 Å². The number of piperidine rings is 1. The molecule has 7 nitrogen and oxygen atoms in total. The highest BCUT2D eigenvalue weighted by molar-refractivity contribution is 6.30. The lowest BCUT2D eigenvalue weighted by atomic mass is 9.97. The van der Waals surface area contributed by atoms with Gasteiger partial charge in [0.1, 0.15) is 5.60 Å². The summed E-state index contributed by atoms with van der Waals surface area (Å²) in [6.07, 6.45) is 0.599. The summed E-state index contributed by atoms with van der Waals surface area (Å²) in [5.74, 6) is -1.11. The van der Waals surface area contributed by atoms with Gasteiger partial charge in [-0.15, -0.1) is 0 Å². The number of nitrogens with zero attached hydrogens (tertiary/aromatic N) is 1. The van der Waals surface area contributed by atoms with Crippen LogP contribution in [-0.4, -0.2) is 48.2 Å². The zero-order chi connectivity index (χ0) is 21.6. The van der Waals surface area contributed by atoms with Gasteiger partial charge in [-0.3, -0.25) is 9.59 Å². The smallest absolute Gasteiger partial charge is 0.410 e. The Morgan fingerprint density at radius 2 is 1.76 bits per heavy atom. The second kappa shape index (κ2) is 9.96. The topological polar surface area (TPSA) is 84.9 Å². The summed E-state index contributed by atoms with van der Waals surface area (Å²) in [5.41, 5.74) is 0.354. The summed E-state index contributed by atoms with van der Waals surface area (Å²) in [6, 6.07) is 6.94. The minimum absolute atomic E-state index is 0.226. The van der Waals surface area contributed by atoms with Gasteiger partial charge >= 0.3 is 12.1 Å². The first-order valence-electron chi connectivity index (χ1n) is 9.74. The first-order chi connectivity index (χ1) is 13.5. The van der Waals surface area contributed by atoms with Gasteiger partial charge in [-0.2, -0.15) is 0 Å². The molecule has 1 fully saturated rings. The molecule has 0 spiro atoms. The summed E-state index contributed by atoms with van der Waals surface area (Å²) in [7, 11) is 0. The van der Waals surface area contributed by atoms with E-state index in [2.05, 4.69) is 5.32 Å². The molecule has 0 radical (unpaired) electrons. The summed E-state index contributed by atoms with van der Waals surface area (Å²) in [6.45, 7) is 7.80. The highest BCUT2D eigenvalue weighted by Crippen LogP contribution is 2.21. The van der Waals surface area contributed by atoms with Crippen LogP contribution in [0.2, 0.25) is 5.02 Å². The van der Waals surface area contributed by atoms with E-state index in [-0.39, 0.29) is 30.6 Å². The molecule has 2 amide bonds. The zero-order valence-electron chi connectivity index (χ0n) is 17.4. The predicted molar refractivity (Wildman–Crippen MR) is 109 cm³/mol. The minimum Gasteiger partial charge on any atom is -0.455 e. The monoisotopic (exact) mass is 424 g/mol. The second-order valence-electron chi connectivity index (χ2n) is 8.19. The third-order valence-corrected chi connectivity index (χ3v) is 4.82. The van der Waals surface area contributed by atoms with Crippen LogP contribution < -0.4 is 5.32 Å². The van der Waals surface area contributed by atoms with E-state index in [0.717, 1.165) is 5.56 Å². The minimum atomic E-state index is -0.552. The molecule has 1 aromatic rings. The maximum Gasteiger partial charge on any atom is 0.410 e. The van der Waals surface area contributed by atoms with Crippen molar-refractivity contribution in [2.24, 2.45) is 5.92 Å². The van der Waals surface area contributed by atoms with Crippen molar-refractivity contribution in [1.82, 2.24) is 10.2 Å². The Morgan fingerprint density at radius 3 is 2.31 bits per heavy atom. The third kappa shape index (κ3) is 7.57. The van der Waals surface area contributed by atoms with Crippen LogP contribution in [0.25, 0.3) is 0 Å². The number of hydrogen-bond donors (Lipinski definition) is 1. The highest BCUT2D eigenvalue weighted by Gasteiger charge is 2.31. The van der Waals surface area contributed by atoms with E-state index >= 15 is 0 Å². The van der Waals surface area contributed by atoms with Crippen LogP contribution in [0.1, 0.15) is 52.1 Å². The van der Waals surface area contributed by atoms with Crippen LogP contribution >= 0.6 is 11.6 Å². The Bertz CT molecular complexity index is 722. The van der Waals surface area contributed by atoms with E-state index in [1.54, 1.807) is 17.0 Å². The molecule has 1 saturated heterocycles. The molecular weight excluding hydrogens is 396 g/mol. The number of benzene rings is 1. The molecule has 2 rings (SSSR count). The van der Waals surface area contributed by atoms with E-state index in [1.165, 1.54) is 0 Å². The van der Waals surface area contributed by atoms with Crippen molar-refractivity contribution >= 4 is 29.6 Å². The lowest BCUT2D eigenvalue weighted by molar-refractivity contribution is -0.154.